The number of allylic oxidation sites excluding steroid dienone is 1. The molecule has 0 unspecified atom stereocenters. The molecule has 0 radical (unpaired) electrons. The highest BCUT2D eigenvalue weighted by atomic mass is 15.0. The molecule has 0 aliphatic carbocycles. The van der Waals surface area contributed by atoms with Gasteiger partial charge in [0.05, 0.1) is 0 Å². The minimum atomic E-state index is 0.887. The number of hydrogen-bond donors (Lipinski definition) is 0. The molecular formula is C7H10N2. The lowest BCUT2D eigenvalue weighted by molar-refractivity contribution is 1.18. The van der Waals surface area contributed by atoms with Crippen LogP contribution in [0, 0.1) is 0 Å². The highest BCUT2D eigenvalue weighted by Gasteiger charge is 2.01. The molecule has 0 spiro atoms. The van der Waals surface area contributed by atoms with Crippen molar-refractivity contribution in [1.29, 1.82) is 0 Å². The van der Waals surface area contributed by atoms with Gasteiger partial charge >= 0.3 is 0 Å². The van der Waals surface area contributed by atoms with Crippen molar-refractivity contribution in [3.63, 3.8) is 0 Å². The topological polar surface area (TPSA) is 24.7 Å². The van der Waals surface area contributed by atoms with Crippen LogP contribution >= 0.6 is 0 Å². The van der Waals surface area contributed by atoms with Crippen molar-refractivity contribution in [2.45, 2.75) is 20.3 Å². The fourth-order valence-corrected chi connectivity index (χ4v) is 0.736. The Morgan fingerprint density at radius 3 is 3.00 bits per heavy atom. The van der Waals surface area contributed by atoms with Crippen LogP contribution in [0.4, 0.5) is 0 Å². The minimum absolute atomic E-state index is 0.887. The maximum atomic E-state index is 4.06. The van der Waals surface area contributed by atoms with Gasteiger partial charge in [-0.15, -0.1) is 0 Å². The second kappa shape index (κ2) is 2.58. The van der Waals surface area contributed by atoms with Crippen molar-refractivity contribution >= 4 is 12.4 Å². The zero-order valence-electron chi connectivity index (χ0n) is 5.76. The lowest BCUT2D eigenvalue weighted by atomic mass is 10.3. The molecule has 0 aromatic heterocycles. The molecule has 0 bridgehead atoms. The quantitative estimate of drug-likeness (QED) is 0.474. The molecule has 0 saturated heterocycles. The van der Waals surface area contributed by atoms with Crippen LogP contribution in [0.5, 0.6) is 0 Å². The van der Waals surface area contributed by atoms with E-state index >= 15 is 0 Å². The van der Waals surface area contributed by atoms with Gasteiger partial charge in [0.1, 0.15) is 5.82 Å². The predicted octanol–water partition coefficient (Wildman–Crippen LogP) is 1.78. The summed E-state index contributed by atoms with van der Waals surface area (Å²) in [5, 5.41) is 0. The predicted molar refractivity (Wildman–Crippen MR) is 40.0 cm³/mol. The van der Waals surface area contributed by atoms with Crippen molar-refractivity contribution in [1.82, 2.24) is 0 Å². The Morgan fingerprint density at radius 2 is 2.56 bits per heavy atom. The smallest absolute Gasteiger partial charge is 0.150 e. The van der Waals surface area contributed by atoms with Crippen LogP contribution in [0.2, 0.25) is 0 Å². The van der Waals surface area contributed by atoms with E-state index in [1.807, 2.05) is 13.1 Å². The van der Waals surface area contributed by atoms with Crippen molar-refractivity contribution in [2.24, 2.45) is 9.98 Å². The standard InChI is InChI=1S/C7H10N2/c1-3-8-7-6(2)4-5-9-7/h3,5H,4H2,1-2H3/b8-3-. The first-order valence-corrected chi connectivity index (χ1v) is 3.05. The minimum Gasteiger partial charge on any atom is -0.242 e. The first-order valence-electron chi connectivity index (χ1n) is 3.05. The number of rotatable bonds is 1. The van der Waals surface area contributed by atoms with Crippen LogP contribution in [0.15, 0.2) is 21.4 Å². The molecule has 9 heavy (non-hydrogen) atoms. The summed E-state index contributed by atoms with van der Waals surface area (Å²) in [6.07, 6.45) is 4.62. The molecule has 0 aromatic rings. The van der Waals surface area contributed by atoms with Gasteiger partial charge in [0.15, 0.2) is 0 Å². The molecule has 0 fully saturated rings. The van der Waals surface area contributed by atoms with Gasteiger partial charge in [0.2, 0.25) is 0 Å². The van der Waals surface area contributed by atoms with E-state index in [0.29, 0.717) is 0 Å². The van der Waals surface area contributed by atoms with Gasteiger partial charge in [-0.3, -0.25) is 0 Å². The lowest BCUT2D eigenvalue weighted by Crippen LogP contribution is -1.73. The third-order valence-corrected chi connectivity index (χ3v) is 1.24. The summed E-state index contributed by atoms with van der Waals surface area (Å²) in [6.45, 7) is 3.95. The van der Waals surface area contributed by atoms with E-state index in [4.69, 9.17) is 0 Å². The van der Waals surface area contributed by atoms with E-state index in [0.717, 1.165) is 12.2 Å². The SMILES string of the molecule is C/C=N\C1=C(C)CC=N1. The average molecular weight is 122 g/mol. The third-order valence-electron chi connectivity index (χ3n) is 1.24. The fourth-order valence-electron chi connectivity index (χ4n) is 0.736. The molecule has 0 atom stereocenters. The van der Waals surface area contributed by atoms with Crippen LogP contribution in [0.3, 0.4) is 0 Å². The summed E-state index contributed by atoms with van der Waals surface area (Å²) in [5.74, 6) is 0.887. The van der Waals surface area contributed by atoms with Crippen molar-refractivity contribution < 1.29 is 0 Å². The summed E-state index contributed by atoms with van der Waals surface area (Å²) >= 11 is 0. The Balaban J connectivity index is 2.77. The lowest BCUT2D eigenvalue weighted by Gasteiger charge is -1.88. The number of aliphatic imine (C=N–C) groups is 2. The Hall–Kier alpha value is -0.920. The Kier molecular flexibility index (Phi) is 1.78. The zero-order chi connectivity index (χ0) is 6.69. The van der Waals surface area contributed by atoms with E-state index in [1.165, 1.54) is 5.57 Å². The van der Waals surface area contributed by atoms with E-state index in [2.05, 4.69) is 16.9 Å². The highest BCUT2D eigenvalue weighted by molar-refractivity contribution is 5.68. The molecule has 2 heteroatoms. The molecule has 0 aromatic carbocycles. The summed E-state index contributed by atoms with van der Waals surface area (Å²) < 4.78 is 0. The second-order valence-electron chi connectivity index (χ2n) is 2.01. The highest BCUT2D eigenvalue weighted by Crippen LogP contribution is 2.14. The first-order chi connectivity index (χ1) is 4.34. The van der Waals surface area contributed by atoms with E-state index < -0.39 is 0 Å². The average Bonchev–Trinajstić information content (AvgIpc) is 2.18. The van der Waals surface area contributed by atoms with Gasteiger partial charge in [-0.25, -0.2) is 9.98 Å². The van der Waals surface area contributed by atoms with Gasteiger partial charge in [-0.1, -0.05) is 0 Å². The van der Waals surface area contributed by atoms with Crippen LogP contribution < -0.4 is 0 Å². The molecule has 1 aliphatic heterocycles. The number of hydrogen-bond acceptors (Lipinski definition) is 2. The summed E-state index contributed by atoms with van der Waals surface area (Å²) in [7, 11) is 0. The molecule has 0 saturated carbocycles. The second-order valence-corrected chi connectivity index (χ2v) is 2.01. The summed E-state index contributed by atoms with van der Waals surface area (Å²) in [5.41, 5.74) is 1.26. The largest absolute Gasteiger partial charge is 0.242 e. The first kappa shape index (κ1) is 6.20. The molecule has 1 aliphatic rings. The molecule has 0 N–H and O–H groups in total. The molecule has 1 rings (SSSR count). The van der Waals surface area contributed by atoms with Gasteiger partial charge in [-0.2, -0.15) is 0 Å². The van der Waals surface area contributed by atoms with Gasteiger partial charge < -0.3 is 0 Å². The maximum absolute atomic E-state index is 4.06. The van der Waals surface area contributed by atoms with Crippen LogP contribution in [0.25, 0.3) is 0 Å². The normalized spacial score (nSPS) is 18.4. The molecule has 2 nitrogen and oxygen atoms in total. The number of nitrogens with zero attached hydrogens (tertiary/aromatic N) is 2. The van der Waals surface area contributed by atoms with E-state index in [-0.39, 0.29) is 0 Å². The van der Waals surface area contributed by atoms with E-state index in [9.17, 15) is 0 Å². The van der Waals surface area contributed by atoms with Crippen LogP contribution in [-0.2, 0) is 0 Å². The van der Waals surface area contributed by atoms with Crippen LogP contribution in [-0.4, -0.2) is 12.4 Å². The Bertz CT molecular complexity index is 187. The Labute approximate surface area is 55.0 Å². The summed E-state index contributed by atoms with van der Waals surface area (Å²) in [4.78, 5) is 8.12. The maximum Gasteiger partial charge on any atom is 0.150 e. The van der Waals surface area contributed by atoms with E-state index in [1.54, 1.807) is 6.21 Å². The third kappa shape index (κ3) is 1.25. The fraction of sp³-hybridized carbons (Fsp3) is 0.429. The van der Waals surface area contributed by atoms with Crippen molar-refractivity contribution in [3.8, 4) is 0 Å². The van der Waals surface area contributed by atoms with Crippen LogP contribution in [0.1, 0.15) is 20.3 Å². The monoisotopic (exact) mass is 122 g/mol. The zero-order valence-corrected chi connectivity index (χ0v) is 5.76. The molecule has 48 valence electrons. The molecule has 0 amide bonds. The molecule has 1 heterocycles. The molecular weight excluding hydrogens is 112 g/mol. The summed E-state index contributed by atoms with van der Waals surface area (Å²) in [6, 6.07) is 0. The van der Waals surface area contributed by atoms with Crippen molar-refractivity contribution in [2.75, 3.05) is 0 Å². The van der Waals surface area contributed by atoms with Gasteiger partial charge in [-0.05, 0) is 19.4 Å². The van der Waals surface area contributed by atoms with Crippen molar-refractivity contribution in [3.05, 3.63) is 11.4 Å². The Morgan fingerprint density at radius 1 is 1.78 bits per heavy atom. The van der Waals surface area contributed by atoms with Gasteiger partial charge in [0.25, 0.3) is 0 Å². The van der Waals surface area contributed by atoms with Gasteiger partial charge in [0, 0.05) is 18.9 Å².